The molecular formula is C26H22FIN4O3S. The van der Waals surface area contributed by atoms with Crippen LogP contribution in [0.4, 0.5) is 4.39 Å². The van der Waals surface area contributed by atoms with E-state index in [-0.39, 0.29) is 17.3 Å². The van der Waals surface area contributed by atoms with Crippen molar-refractivity contribution < 1.29 is 13.9 Å². The van der Waals surface area contributed by atoms with E-state index in [4.69, 9.17) is 4.74 Å². The van der Waals surface area contributed by atoms with Gasteiger partial charge in [0.05, 0.1) is 12.2 Å². The van der Waals surface area contributed by atoms with Crippen LogP contribution in [0.2, 0.25) is 0 Å². The molecule has 0 spiro atoms. The van der Waals surface area contributed by atoms with Crippen LogP contribution in [0.25, 0.3) is 0 Å². The van der Waals surface area contributed by atoms with Crippen LogP contribution >= 0.6 is 34.4 Å². The number of aromatic nitrogens is 4. The first-order valence-corrected chi connectivity index (χ1v) is 13.2. The Morgan fingerprint density at radius 1 is 1.08 bits per heavy atom. The van der Waals surface area contributed by atoms with E-state index in [2.05, 4.69) is 37.5 Å². The van der Waals surface area contributed by atoms with Crippen molar-refractivity contribution in [2.24, 2.45) is 0 Å². The molecule has 2 aromatic heterocycles. The zero-order valence-corrected chi connectivity index (χ0v) is 22.3. The van der Waals surface area contributed by atoms with Crippen molar-refractivity contribution in [3.8, 4) is 0 Å². The van der Waals surface area contributed by atoms with Gasteiger partial charge in [0.25, 0.3) is 5.56 Å². The average Bonchev–Trinajstić information content (AvgIpc) is 2.88. The van der Waals surface area contributed by atoms with Crippen LogP contribution in [0.1, 0.15) is 39.5 Å². The van der Waals surface area contributed by atoms with Crippen LogP contribution in [-0.2, 0) is 23.5 Å². The molecule has 0 saturated heterocycles. The number of carbonyl (C=O) groups excluding carboxylic acids is 1. The number of benzene rings is 2. The Morgan fingerprint density at radius 3 is 2.53 bits per heavy atom. The lowest BCUT2D eigenvalue weighted by Gasteiger charge is -2.15. The van der Waals surface area contributed by atoms with Gasteiger partial charge in [0.15, 0.2) is 5.16 Å². The SMILES string of the molecule is CCOC(=O)c1cc(Cn2cc(Cc3cncnc3)c(=O)nc2SCc2ccc(F)cc2)ccc1I. The molecule has 0 unspecified atom stereocenters. The van der Waals surface area contributed by atoms with Crippen LogP contribution in [-0.4, -0.2) is 32.1 Å². The van der Waals surface area contributed by atoms with Crippen LogP contribution in [0.5, 0.6) is 0 Å². The third kappa shape index (κ3) is 6.76. The van der Waals surface area contributed by atoms with Crippen molar-refractivity contribution in [3.05, 3.63) is 115 Å². The highest BCUT2D eigenvalue weighted by atomic mass is 127. The van der Waals surface area contributed by atoms with Gasteiger partial charge in [-0.2, -0.15) is 4.98 Å². The molecule has 36 heavy (non-hydrogen) atoms. The Balaban J connectivity index is 1.67. The Labute approximate surface area is 225 Å². The number of hydrogen-bond donors (Lipinski definition) is 0. The summed E-state index contributed by atoms with van der Waals surface area (Å²) >= 11 is 3.50. The largest absolute Gasteiger partial charge is 0.462 e. The van der Waals surface area contributed by atoms with Crippen LogP contribution < -0.4 is 5.56 Å². The molecule has 0 aliphatic carbocycles. The molecule has 0 radical (unpaired) electrons. The van der Waals surface area contributed by atoms with E-state index in [1.165, 1.54) is 30.2 Å². The maximum Gasteiger partial charge on any atom is 0.339 e. The summed E-state index contributed by atoms with van der Waals surface area (Å²) in [4.78, 5) is 37.7. The molecule has 2 heterocycles. The predicted octanol–water partition coefficient (Wildman–Crippen LogP) is 4.89. The monoisotopic (exact) mass is 616 g/mol. The highest BCUT2D eigenvalue weighted by Crippen LogP contribution is 2.23. The maximum absolute atomic E-state index is 13.3. The van der Waals surface area contributed by atoms with Gasteiger partial charge in [0, 0.05) is 46.4 Å². The van der Waals surface area contributed by atoms with E-state index >= 15 is 0 Å². The lowest BCUT2D eigenvalue weighted by molar-refractivity contribution is 0.0525. The molecule has 0 N–H and O–H groups in total. The second-order valence-corrected chi connectivity index (χ2v) is 9.96. The average molecular weight is 616 g/mol. The number of rotatable bonds is 9. The first-order valence-electron chi connectivity index (χ1n) is 11.1. The minimum Gasteiger partial charge on any atom is -0.462 e. The number of nitrogens with zero attached hydrogens (tertiary/aromatic N) is 4. The highest BCUT2D eigenvalue weighted by molar-refractivity contribution is 14.1. The van der Waals surface area contributed by atoms with Gasteiger partial charge in [-0.05, 0) is 70.5 Å². The number of thioether (sulfide) groups is 1. The molecule has 0 fully saturated rings. The van der Waals surface area contributed by atoms with E-state index in [0.29, 0.717) is 41.6 Å². The molecule has 0 aliphatic rings. The van der Waals surface area contributed by atoms with Crippen molar-refractivity contribution in [2.75, 3.05) is 6.61 Å². The van der Waals surface area contributed by atoms with Gasteiger partial charge in [-0.1, -0.05) is 30.0 Å². The van der Waals surface area contributed by atoms with Gasteiger partial charge in [0.2, 0.25) is 0 Å². The van der Waals surface area contributed by atoms with Gasteiger partial charge >= 0.3 is 5.97 Å². The lowest BCUT2D eigenvalue weighted by Crippen LogP contribution is -2.20. The summed E-state index contributed by atoms with van der Waals surface area (Å²) in [5, 5.41) is 0.522. The zero-order chi connectivity index (χ0) is 25.5. The van der Waals surface area contributed by atoms with Crippen molar-refractivity contribution in [1.29, 1.82) is 0 Å². The normalized spacial score (nSPS) is 10.9. The minimum atomic E-state index is -0.377. The molecule has 10 heteroatoms. The number of ether oxygens (including phenoxy) is 1. The predicted molar refractivity (Wildman–Crippen MR) is 144 cm³/mol. The first-order chi connectivity index (χ1) is 17.4. The van der Waals surface area contributed by atoms with E-state index in [9.17, 15) is 14.0 Å². The Morgan fingerprint density at radius 2 is 1.81 bits per heavy atom. The fourth-order valence-electron chi connectivity index (χ4n) is 3.47. The number of hydrogen-bond acceptors (Lipinski definition) is 7. The van der Waals surface area contributed by atoms with E-state index in [1.54, 1.807) is 43.7 Å². The van der Waals surface area contributed by atoms with Gasteiger partial charge in [-0.25, -0.2) is 19.2 Å². The van der Waals surface area contributed by atoms with Gasteiger partial charge in [0.1, 0.15) is 12.1 Å². The van der Waals surface area contributed by atoms with Crippen molar-refractivity contribution in [2.45, 2.75) is 30.8 Å². The summed E-state index contributed by atoms with van der Waals surface area (Å²) in [6.45, 7) is 2.45. The Kier molecular flexibility index (Phi) is 8.81. The first kappa shape index (κ1) is 26.0. The molecule has 0 amide bonds. The smallest absolute Gasteiger partial charge is 0.339 e. The molecule has 4 rings (SSSR count). The maximum atomic E-state index is 13.3. The summed E-state index contributed by atoms with van der Waals surface area (Å²) in [5.41, 5.74) is 3.24. The quantitative estimate of drug-likeness (QED) is 0.115. The second kappa shape index (κ2) is 12.2. The summed E-state index contributed by atoms with van der Waals surface area (Å²) in [7, 11) is 0. The summed E-state index contributed by atoms with van der Waals surface area (Å²) in [5.74, 6) is -0.166. The fourth-order valence-corrected chi connectivity index (χ4v) is 4.95. The number of esters is 1. The van der Waals surface area contributed by atoms with Crippen LogP contribution in [0.15, 0.2) is 77.3 Å². The number of halogens is 2. The molecular weight excluding hydrogens is 594 g/mol. The van der Waals surface area contributed by atoms with E-state index < -0.39 is 0 Å². The molecule has 4 aromatic rings. The second-order valence-electron chi connectivity index (χ2n) is 7.86. The van der Waals surface area contributed by atoms with E-state index in [0.717, 1.165) is 20.3 Å². The van der Waals surface area contributed by atoms with Crippen molar-refractivity contribution in [3.63, 3.8) is 0 Å². The summed E-state index contributed by atoms with van der Waals surface area (Å²) in [6.07, 6.45) is 6.90. The van der Waals surface area contributed by atoms with Crippen LogP contribution in [0, 0.1) is 9.39 Å². The molecule has 0 atom stereocenters. The van der Waals surface area contributed by atoms with Gasteiger partial charge < -0.3 is 9.30 Å². The molecule has 0 aliphatic heterocycles. The third-order valence-electron chi connectivity index (χ3n) is 5.20. The van der Waals surface area contributed by atoms with Crippen LogP contribution in [0.3, 0.4) is 0 Å². The van der Waals surface area contributed by atoms with Crippen molar-refractivity contribution >= 4 is 40.3 Å². The molecule has 184 valence electrons. The standard InChI is InChI=1S/C26H22FIN4O3S/c1-2-35-25(34)22-10-18(5-8-23(22)28)13-32-14-20(9-19-11-29-16-30-12-19)24(33)31-26(32)36-15-17-3-6-21(27)7-4-17/h3-8,10-12,14,16H,2,9,13,15H2,1H3. The number of carbonyl (C=O) groups is 1. The summed E-state index contributed by atoms with van der Waals surface area (Å²) in [6, 6.07) is 11.8. The molecule has 7 nitrogen and oxygen atoms in total. The summed E-state index contributed by atoms with van der Waals surface area (Å²) < 4.78 is 21.2. The third-order valence-corrected chi connectivity index (χ3v) is 7.20. The minimum absolute atomic E-state index is 0.291. The molecule has 0 bridgehead atoms. The molecule has 0 saturated carbocycles. The van der Waals surface area contributed by atoms with Crippen molar-refractivity contribution in [1.82, 2.24) is 19.5 Å². The highest BCUT2D eigenvalue weighted by Gasteiger charge is 2.15. The Bertz CT molecular complexity index is 1420. The van der Waals surface area contributed by atoms with Gasteiger partial charge in [-0.15, -0.1) is 0 Å². The lowest BCUT2D eigenvalue weighted by atomic mass is 10.1. The fraction of sp³-hybridized carbons (Fsp3) is 0.192. The van der Waals surface area contributed by atoms with E-state index in [1.807, 2.05) is 16.7 Å². The Hall–Kier alpha value is -3.12. The van der Waals surface area contributed by atoms with Gasteiger partial charge in [-0.3, -0.25) is 4.79 Å². The molecule has 2 aromatic carbocycles. The topological polar surface area (TPSA) is 87.0 Å². The zero-order valence-electron chi connectivity index (χ0n) is 19.4.